The molecule has 0 spiro atoms. The monoisotopic (exact) mass is 302 g/mol. The van der Waals surface area contributed by atoms with Gasteiger partial charge in [0.25, 0.3) is 0 Å². The Morgan fingerprint density at radius 3 is 2.63 bits per heavy atom. The van der Waals surface area contributed by atoms with Gasteiger partial charge in [-0.15, -0.1) is 0 Å². The number of hydrogen-bond donors (Lipinski definition) is 2. The summed E-state index contributed by atoms with van der Waals surface area (Å²) >= 11 is 1.61. The molecule has 7 heteroatoms. The zero-order valence-corrected chi connectivity index (χ0v) is 12.6. The number of nitrogens with two attached hydrogens (primary N) is 1. The SMILES string of the molecule is CSCC[C@H](N)C(=O)Nc1ccccc1S(C)(=O)=O. The molecule has 0 aliphatic rings. The third-order valence-corrected chi connectivity index (χ3v) is 4.31. The van der Waals surface area contributed by atoms with Gasteiger partial charge in [-0.05, 0) is 30.6 Å². The summed E-state index contributed by atoms with van der Waals surface area (Å²) in [6.07, 6.45) is 3.59. The molecular weight excluding hydrogens is 284 g/mol. The van der Waals surface area contributed by atoms with Gasteiger partial charge in [0.05, 0.1) is 16.6 Å². The number of rotatable bonds is 6. The average molecular weight is 302 g/mol. The van der Waals surface area contributed by atoms with Crippen molar-refractivity contribution in [2.24, 2.45) is 5.73 Å². The molecule has 1 amide bonds. The maximum absolute atomic E-state index is 11.9. The third-order valence-electron chi connectivity index (χ3n) is 2.51. The number of nitrogens with one attached hydrogen (secondary N) is 1. The van der Waals surface area contributed by atoms with Crippen molar-refractivity contribution in [2.75, 3.05) is 23.6 Å². The van der Waals surface area contributed by atoms with Gasteiger partial charge in [-0.1, -0.05) is 12.1 Å². The lowest BCUT2D eigenvalue weighted by atomic mass is 10.2. The quantitative estimate of drug-likeness (QED) is 0.821. The van der Waals surface area contributed by atoms with E-state index in [1.807, 2.05) is 6.26 Å². The molecule has 0 bridgehead atoms. The van der Waals surface area contributed by atoms with E-state index in [1.54, 1.807) is 30.0 Å². The van der Waals surface area contributed by atoms with Crippen molar-refractivity contribution in [1.82, 2.24) is 0 Å². The molecule has 1 aromatic carbocycles. The Morgan fingerprint density at radius 1 is 1.42 bits per heavy atom. The van der Waals surface area contributed by atoms with E-state index in [0.717, 1.165) is 12.0 Å². The van der Waals surface area contributed by atoms with Gasteiger partial charge in [-0.25, -0.2) is 8.42 Å². The highest BCUT2D eigenvalue weighted by molar-refractivity contribution is 7.98. The van der Waals surface area contributed by atoms with E-state index in [2.05, 4.69) is 5.32 Å². The van der Waals surface area contributed by atoms with Crippen LogP contribution in [0.3, 0.4) is 0 Å². The first kappa shape index (κ1) is 16.0. The van der Waals surface area contributed by atoms with Gasteiger partial charge < -0.3 is 11.1 Å². The Hall–Kier alpha value is -1.05. The molecule has 19 heavy (non-hydrogen) atoms. The summed E-state index contributed by atoms with van der Waals surface area (Å²) in [6, 6.07) is 5.64. The molecule has 5 nitrogen and oxygen atoms in total. The maximum atomic E-state index is 11.9. The molecule has 0 saturated heterocycles. The number of para-hydroxylation sites is 1. The molecule has 0 aliphatic carbocycles. The van der Waals surface area contributed by atoms with E-state index in [-0.39, 0.29) is 16.5 Å². The highest BCUT2D eigenvalue weighted by Gasteiger charge is 2.17. The Morgan fingerprint density at radius 2 is 2.05 bits per heavy atom. The number of amides is 1. The summed E-state index contributed by atoms with van der Waals surface area (Å²) < 4.78 is 23.2. The highest BCUT2D eigenvalue weighted by atomic mass is 32.2. The van der Waals surface area contributed by atoms with E-state index in [9.17, 15) is 13.2 Å². The van der Waals surface area contributed by atoms with Gasteiger partial charge in [0, 0.05) is 6.26 Å². The Labute approximate surface area is 117 Å². The van der Waals surface area contributed by atoms with E-state index in [1.165, 1.54) is 6.07 Å². The van der Waals surface area contributed by atoms with Crippen LogP contribution >= 0.6 is 11.8 Å². The standard InChI is InChI=1S/C12H18N2O3S2/c1-18-8-7-9(13)12(15)14-10-5-3-4-6-11(10)19(2,16)17/h3-6,9H,7-8,13H2,1-2H3,(H,14,15)/t9-/m0/s1. The lowest BCUT2D eigenvalue weighted by Crippen LogP contribution is -2.36. The maximum Gasteiger partial charge on any atom is 0.241 e. The summed E-state index contributed by atoms with van der Waals surface area (Å²) in [5.41, 5.74) is 6.01. The molecule has 3 N–H and O–H groups in total. The lowest BCUT2D eigenvalue weighted by Gasteiger charge is -2.13. The van der Waals surface area contributed by atoms with Crippen molar-refractivity contribution < 1.29 is 13.2 Å². The molecule has 106 valence electrons. The van der Waals surface area contributed by atoms with E-state index in [0.29, 0.717) is 6.42 Å². The molecule has 0 aliphatic heterocycles. The van der Waals surface area contributed by atoms with Crippen LogP contribution in [0.2, 0.25) is 0 Å². The fraction of sp³-hybridized carbons (Fsp3) is 0.417. The summed E-state index contributed by atoms with van der Waals surface area (Å²) in [5.74, 6) is 0.410. The van der Waals surface area contributed by atoms with Gasteiger partial charge in [0.1, 0.15) is 0 Å². The number of benzene rings is 1. The minimum Gasteiger partial charge on any atom is -0.324 e. The number of carbonyl (C=O) groups is 1. The van der Waals surface area contributed by atoms with Crippen molar-refractivity contribution in [3.8, 4) is 0 Å². The van der Waals surface area contributed by atoms with Crippen LogP contribution in [0.1, 0.15) is 6.42 Å². The Balaban J connectivity index is 2.86. The molecule has 1 atom stereocenters. The van der Waals surface area contributed by atoms with E-state index in [4.69, 9.17) is 5.73 Å². The Bertz CT molecular complexity index is 544. The second-order valence-corrected chi connectivity index (χ2v) is 7.12. The number of carbonyl (C=O) groups excluding carboxylic acids is 1. The second kappa shape index (κ2) is 6.93. The molecule has 1 rings (SSSR count). The van der Waals surface area contributed by atoms with Crippen LogP contribution in [0, 0.1) is 0 Å². The Kier molecular flexibility index (Phi) is 5.84. The number of hydrogen-bond acceptors (Lipinski definition) is 5. The van der Waals surface area contributed by atoms with Crippen molar-refractivity contribution in [2.45, 2.75) is 17.4 Å². The van der Waals surface area contributed by atoms with Crippen molar-refractivity contribution in [3.05, 3.63) is 24.3 Å². The van der Waals surface area contributed by atoms with Crippen molar-refractivity contribution in [3.63, 3.8) is 0 Å². The normalized spacial score (nSPS) is 13.0. The average Bonchev–Trinajstić information content (AvgIpc) is 2.35. The van der Waals surface area contributed by atoms with Crippen LogP contribution in [-0.2, 0) is 14.6 Å². The highest BCUT2D eigenvalue weighted by Crippen LogP contribution is 2.20. The van der Waals surface area contributed by atoms with E-state index < -0.39 is 15.9 Å². The van der Waals surface area contributed by atoms with Gasteiger partial charge in [-0.2, -0.15) is 11.8 Å². The van der Waals surface area contributed by atoms with Crippen LogP contribution in [0.5, 0.6) is 0 Å². The summed E-state index contributed by atoms with van der Waals surface area (Å²) in [5, 5.41) is 2.57. The number of sulfone groups is 1. The zero-order chi connectivity index (χ0) is 14.5. The van der Waals surface area contributed by atoms with Crippen LogP contribution in [-0.4, -0.2) is 38.6 Å². The summed E-state index contributed by atoms with van der Waals surface area (Å²) in [6.45, 7) is 0. The molecule has 0 radical (unpaired) electrons. The fourth-order valence-electron chi connectivity index (χ4n) is 1.49. The first-order valence-electron chi connectivity index (χ1n) is 5.70. The molecule has 0 aromatic heterocycles. The number of thioether (sulfide) groups is 1. The topological polar surface area (TPSA) is 89.3 Å². The molecule has 0 unspecified atom stereocenters. The van der Waals surface area contributed by atoms with Gasteiger partial charge in [-0.3, -0.25) is 4.79 Å². The largest absolute Gasteiger partial charge is 0.324 e. The van der Waals surface area contributed by atoms with Gasteiger partial charge in [0.2, 0.25) is 5.91 Å². The lowest BCUT2D eigenvalue weighted by molar-refractivity contribution is -0.117. The predicted octanol–water partition coefficient (Wildman–Crippen LogP) is 1.11. The minimum absolute atomic E-state index is 0.0976. The fourth-order valence-corrected chi connectivity index (χ4v) is 2.83. The second-order valence-electron chi connectivity index (χ2n) is 4.15. The first-order chi connectivity index (χ1) is 8.86. The first-order valence-corrected chi connectivity index (χ1v) is 8.99. The molecule has 1 aromatic rings. The smallest absolute Gasteiger partial charge is 0.241 e. The van der Waals surface area contributed by atoms with Crippen molar-refractivity contribution >= 4 is 33.2 Å². The van der Waals surface area contributed by atoms with Crippen LogP contribution in [0.4, 0.5) is 5.69 Å². The van der Waals surface area contributed by atoms with Gasteiger partial charge in [0.15, 0.2) is 9.84 Å². The van der Waals surface area contributed by atoms with Crippen LogP contribution < -0.4 is 11.1 Å². The number of anilines is 1. The molecule has 0 fully saturated rings. The summed E-state index contributed by atoms with van der Waals surface area (Å²) in [7, 11) is -3.38. The zero-order valence-electron chi connectivity index (χ0n) is 10.9. The predicted molar refractivity (Wildman–Crippen MR) is 79.2 cm³/mol. The van der Waals surface area contributed by atoms with Crippen LogP contribution in [0.15, 0.2) is 29.2 Å². The molecular formula is C12H18N2O3S2. The summed E-state index contributed by atoms with van der Waals surface area (Å²) in [4.78, 5) is 12.0. The third kappa shape index (κ3) is 4.85. The van der Waals surface area contributed by atoms with E-state index >= 15 is 0 Å². The minimum atomic E-state index is -3.38. The van der Waals surface area contributed by atoms with Gasteiger partial charge >= 0.3 is 0 Å². The molecule has 0 saturated carbocycles. The van der Waals surface area contributed by atoms with Crippen LogP contribution in [0.25, 0.3) is 0 Å². The van der Waals surface area contributed by atoms with Crippen molar-refractivity contribution in [1.29, 1.82) is 0 Å². The molecule has 0 heterocycles.